The molecule has 0 aliphatic carbocycles. The lowest BCUT2D eigenvalue weighted by Crippen LogP contribution is -2.60. The molecule has 9 N–H and O–H groups in total. The van der Waals surface area contributed by atoms with Crippen molar-refractivity contribution in [2.75, 3.05) is 6.61 Å². The normalized spacial score (nSPS) is 15.6. The van der Waals surface area contributed by atoms with Crippen molar-refractivity contribution in [2.45, 2.75) is 57.5 Å². The van der Waals surface area contributed by atoms with E-state index in [1.54, 1.807) is 26.0 Å². The van der Waals surface area contributed by atoms with Crippen LogP contribution in [-0.4, -0.2) is 81.0 Å². The summed E-state index contributed by atoms with van der Waals surface area (Å²) in [5.41, 5.74) is 6.54. The fourth-order valence-corrected chi connectivity index (χ4v) is 2.87. The number of carbonyl (C=O) groups is 4. The molecule has 0 bridgehead atoms. The molecule has 12 nitrogen and oxygen atoms in total. The first kappa shape index (κ1) is 27.8. The molecule has 1 aromatic rings. The highest BCUT2D eigenvalue weighted by atomic mass is 16.4. The Labute approximate surface area is 191 Å². The minimum Gasteiger partial charge on any atom is -0.508 e. The first-order valence-electron chi connectivity index (χ1n) is 10.3. The molecule has 5 atom stereocenters. The Kier molecular flexibility index (Phi) is 10.7. The lowest BCUT2D eigenvalue weighted by atomic mass is 10.0. The molecule has 1 rings (SSSR count). The summed E-state index contributed by atoms with van der Waals surface area (Å²) >= 11 is 0. The predicted octanol–water partition coefficient (Wildman–Crippen LogP) is -2.17. The van der Waals surface area contributed by atoms with Crippen molar-refractivity contribution in [3.05, 3.63) is 29.8 Å². The van der Waals surface area contributed by atoms with Crippen molar-refractivity contribution < 1.29 is 39.6 Å². The third-order valence-electron chi connectivity index (χ3n) is 4.84. The van der Waals surface area contributed by atoms with E-state index in [2.05, 4.69) is 16.0 Å². The Hall–Kier alpha value is -3.22. The molecular formula is C21H32N4O8. The quantitative estimate of drug-likeness (QED) is 0.167. The molecule has 33 heavy (non-hydrogen) atoms. The van der Waals surface area contributed by atoms with Crippen LogP contribution >= 0.6 is 0 Å². The number of aliphatic hydroxyl groups is 2. The van der Waals surface area contributed by atoms with Gasteiger partial charge >= 0.3 is 5.97 Å². The van der Waals surface area contributed by atoms with Gasteiger partial charge in [0.2, 0.25) is 17.7 Å². The molecular weight excluding hydrogens is 436 g/mol. The van der Waals surface area contributed by atoms with E-state index in [0.29, 0.717) is 5.56 Å². The maximum atomic E-state index is 12.6. The van der Waals surface area contributed by atoms with Crippen molar-refractivity contribution in [3.63, 3.8) is 0 Å². The number of phenolic OH excluding ortho intramolecular Hbond substituents is 1. The number of phenols is 1. The number of carboxylic acid groups (broad SMARTS) is 1. The van der Waals surface area contributed by atoms with Crippen LogP contribution in [0.3, 0.4) is 0 Å². The van der Waals surface area contributed by atoms with Crippen LogP contribution < -0.4 is 21.7 Å². The smallest absolute Gasteiger partial charge is 0.328 e. The zero-order valence-electron chi connectivity index (χ0n) is 18.7. The monoisotopic (exact) mass is 468 g/mol. The van der Waals surface area contributed by atoms with Crippen molar-refractivity contribution in [2.24, 2.45) is 11.7 Å². The third-order valence-corrected chi connectivity index (χ3v) is 4.84. The molecule has 0 aliphatic heterocycles. The summed E-state index contributed by atoms with van der Waals surface area (Å²) in [4.78, 5) is 48.7. The number of benzene rings is 1. The van der Waals surface area contributed by atoms with E-state index in [1.165, 1.54) is 19.1 Å². The second kappa shape index (κ2) is 12.7. The number of nitrogens with one attached hydrogen (secondary N) is 3. The van der Waals surface area contributed by atoms with E-state index in [-0.39, 0.29) is 12.2 Å². The van der Waals surface area contributed by atoms with Crippen LogP contribution in [0.4, 0.5) is 0 Å². The SMILES string of the molecule is CC(C)C(NC(=O)C(CO)NC(=O)C(N)Cc1ccc(O)cc1)C(=O)NC(C(=O)O)C(C)O. The van der Waals surface area contributed by atoms with Crippen molar-refractivity contribution in [3.8, 4) is 5.75 Å². The van der Waals surface area contributed by atoms with Crippen LogP contribution in [0.15, 0.2) is 24.3 Å². The molecule has 0 saturated heterocycles. The van der Waals surface area contributed by atoms with Crippen LogP contribution in [0.1, 0.15) is 26.3 Å². The van der Waals surface area contributed by atoms with Crippen LogP contribution in [0.25, 0.3) is 0 Å². The summed E-state index contributed by atoms with van der Waals surface area (Å²) in [6.45, 7) is 3.62. The standard InChI is InChI=1S/C21H32N4O8/c1-10(2)16(20(31)25-17(11(3)27)21(32)33)24-19(30)15(9-26)23-18(29)14(22)8-12-4-6-13(28)7-5-12/h4-7,10-11,14-17,26-28H,8-9,22H2,1-3H3,(H,23,29)(H,24,30)(H,25,31)(H,32,33). The Morgan fingerprint density at radius 1 is 0.909 bits per heavy atom. The van der Waals surface area contributed by atoms with Gasteiger partial charge in [0.1, 0.15) is 17.8 Å². The minimum absolute atomic E-state index is 0.0562. The second-order valence-corrected chi connectivity index (χ2v) is 8.02. The summed E-state index contributed by atoms with van der Waals surface area (Å²) in [7, 11) is 0. The molecule has 5 unspecified atom stereocenters. The maximum absolute atomic E-state index is 12.6. The van der Waals surface area contributed by atoms with Gasteiger partial charge in [-0.2, -0.15) is 0 Å². The first-order valence-corrected chi connectivity index (χ1v) is 10.3. The minimum atomic E-state index is -1.58. The number of hydrogen-bond donors (Lipinski definition) is 8. The summed E-state index contributed by atoms with van der Waals surface area (Å²) in [5, 5.41) is 44.4. The van der Waals surface area contributed by atoms with Gasteiger partial charge in [0.25, 0.3) is 0 Å². The lowest BCUT2D eigenvalue weighted by molar-refractivity contribution is -0.145. The topological polar surface area (TPSA) is 211 Å². The van der Waals surface area contributed by atoms with Crippen LogP contribution in [-0.2, 0) is 25.6 Å². The van der Waals surface area contributed by atoms with Gasteiger partial charge < -0.3 is 42.1 Å². The predicted molar refractivity (Wildman–Crippen MR) is 117 cm³/mol. The maximum Gasteiger partial charge on any atom is 0.328 e. The van der Waals surface area contributed by atoms with Gasteiger partial charge in [-0.15, -0.1) is 0 Å². The first-order chi connectivity index (χ1) is 15.4. The van der Waals surface area contributed by atoms with Crippen LogP contribution in [0, 0.1) is 5.92 Å². The molecule has 0 saturated carbocycles. The molecule has 0 fully saturated rings. The van der Waals surface area contributed by atoms with E-state index in [0.717, 1.165) is 0 Å². The van der Waals surface area contributed by atoms with Gasteiger partial charge in [0, 0.05) is 0 Å². The zero-order valence-corrected chi connectivity index (χ0v) is 18.7. The largest absolute Gasteiger partial charge is 0.508 e. The summed E-state index contributed by atoms with van der Waals surface area (Å²) in [6.07, 6.45) is -1.27. The lowest BCUT2D eigenvalue weighted by Gasteiger charge is -2.27. The van der Waals surface area contributed by atoms with E-state index in [9.17, 15) is 34.5 Å². The number of nitrogens with two attached hydrogens (primary N) is 1. The number of aliphatic hydroxyl groups excluding tert-OH is 2. The number of carbonyl (C=O) groups excluding carboxylic acids is 3. The molecule has 0 aliphatic rings. The van der Waals surface area contributed by atoms with Gasteiger partial charge in [-0.1, -0.05) is 26.0 Å². The Balaban J connectivity index is 2.80. The molecule has 0 heterocycles. The van der Waals surface area contributed by atoms with E-state index in [4.69, 9.17) is 10.8 Å². The van der Waals surface area contributed by atoms with E-state index < -0.39 is 66.5 Å². The number of carboxylic acids is 1. The van der Waals surface area contributed by atoms with Gasteiger partial charge in [0.15, 0.2) is 6.04 Å². The van der Waals surface area contributed by atoms with Gasteiger partial charge in [-0.3, -0.25) is 14.4 Å². The van der Waals surface area contributed by atoms with Gasteiger partial charge in [0.05, 0.1) is 18.8 Å². The fourth-order valence-electron chi connectivity index (χ4n) is 2.87. The van der Waals surface area contributed by atoms with Crippen molar-refractivity contribution >= 4 is 23.7 Å². The zero-order chi connectivity index (χ0) is 25.3. The summed E-state index contributed by atoms with van der Waals surface area (Å²) < 4.78 is 0. The summed E-state index contributed by atoms with van der Waals surface area (Å²) in [6, 6.07) is 0.801. The van der Waals surface area contributed by atoms with E-state index in [1.807, 2.05) is 0 Å². The molecule has 12 heteroatoms. The highest BCUT2D eigenvalue weighted by molar-refractivity contribution is 5.94. The third kappa shape index (κ3) is 8.67. The molecule has 1 aromatic carbocycles. The van der Waals surface area contributed by atoms with Gasteiger partial charge in [-0.25, -0.2) is 4.79 Å². The highest BCUT2D eigenvalue weighted by Crippen LogP contribution is 2.11. The average Bonchev–Trinajstić information content (AvgIpc) is 2.74. The Morgan fingerprint density at radius 2 is 1.45 bits per heavy atom. The number of rotatable bonds is 12. The number of aromatic hydroxyl groups is 1. The van der Waals surface area contributed by atoms with Crippen LogP contribution in [0.5, 0.6) is 5.75 Å². The molecule has 3 amide bonds. The van der Waals surface area contributed by atoms with Gasteiger partial charge in [-0.05, 0) is 37.0 Å². The second-order valence-electron chi connectivity index (χ2n) is 8.02. The summed E-state index contributed by atoms with van der Waals surface area (Å²) in [5.74, 6) is -4.32. The number of amides is 3. The molecule has 0 radical (unpaired) electrons. The molecule has 0 spiro atoms. The Bertz CT molecular complexity index is 828. The van der Waals surface area contributed by atoms with E-state index >= 15 is 0 Å². The number of hydrogen-bond acceptors (Lipinski definition) is 8. The Morgan fingerprint density at radius 3 is 1.91 bits per heavy atom. The number of aliphatic carboxylic acids is 1. The van der Waals surface area contributed by atoms with Crippen molar-refractivity contribution in [1.82, 2.24) is 16.0 Å². The fraction of sp³-hybridized carbons (Fsp3) is 0.524. The highest BCUT2D eigenvalue weighted by Gasteiger charge is 2.33. The van der Waals surface area contributed by atoms with Crippen molar-refractivity contribution in [1.29, 1.82) is 0 Å². The average molecular weight is 469 g/mol. The molecule has 0 aromatic heterocycles. The van der Waals surface area contributed by atoms with Crippen LogP contribution in [0.2, 0.25) is 0 Å². The molecule has 184 valence electrons.